The second-order valence-electron chi connectivity index (χ2n) is 8.01. The number of nitrogens with one attached hydrogen (secondary N) is 1. The van der Waals surface area contributed by atoms with Gasteiger partial charge in [-0.2, -0.15) is 0 Å². The number of anilines is 2. The SMILES string of the molecule is COCC[n+]1cc(NC(=O)CSC2=N/C(=C/c3cc(OC)c(OC)cc3OC)C(=O)N2c2ccccc2)on1. The molecule has 0 bridgehead atoms. The van der Waals surface area contributed by atoms with Crippen LogP contribution in [0.15, 0.2) is 63.9 Å². The van der Waals surface area contributed by atoms with Gasteiger partial charge in [-0.15, -0.1) is 0 Å². The number of carbonyl (C=O) groups excluding carboxylic acids is 2. The van der Waals surface area contributed by atoms with Crippen molar-refractivity contribution in [3.63, 3.8) is 0 Å². The molecule has 3 aromatic rings. The molecule has 1 aromatic heterocycles. The fourth-order valence-corrected chi connectivity index (χ4v) is 4.45. The summed E-state index contributed by atoms with van der Waals surface area (Å²) in [4.78, 5) is 32.2. The third kappa shape index (κ3) is 6.56. The van der Waals surface area contributed by atoms with E-state index in [9.17, 15) is 9.59 Å². The van der Waals surface area contributed by atoms with Crippen LogP contribution in [0.1, 0.15) is 5.56 Å². The molecule has 2 amide bonds. The first kappa shape index (κ1) is 27.7. The number of ether oxygens (including phenoxy) is 4. The van der Waals surface area contributed by atoms with Crippen molar-refractivity contribution in [2.45, 2.75) is 6.54 Å². The summed E-state index contributed by atoms with van der Waals surface area (Å²) in [6.07, 6.45) is 3.17. The molecule has 12 nitrogen and oxygen atoms in total. The number of rotatable bonds is 11. The highest BCUT2D eigenvalue weighted by Crippen LogP contribution is 2.37. The topological polar surface area (TPSA) is 129 Å². The highest BCUT2D eigenvalue weighted by atomic mass is 32.2. The summed E-state index contributed by atoms with van der Waals surface area (Å²) in [5.41, 5.74) is 1.36. The minimum Gasteiger partial charge on any atom is -0.496 e. The second kappa shape index (κ2) is 12.9. The van der Waals surface area contributed by atoms with Crippen LogP contribution in [0.4, 0.5) is 11.6 Å². The summed E-state index contributed by atoms with van der Waals surface area (Å²) in [7, 11) is 6.15. The lowest BCUT2D eigenvalue weighted by molar-refractivity contribution is -0.763. The summed E-state index contributed by atoms with van der Waals surface area (Å²) < 4.78 is 27.9. The van der Waals surface area contributed by atoms with Gasteiger partial charge in [0, 0.05) is 18.7 Å². The Morgan fingerprint density at radius 2 is 1.79 bits per heavy atom. The Labute approximate surface area is 229 Å². The molecule has 39 heavy (non-hydrogen) atoms. The Bertz CT molecular complexity index is 1390. The van der Waals surface area contributed by atoms with E-state index >= 15 is 0 Å². The van der Waals surface area contributed by atoms with Gasteiger partial charge in [0.2, 0.25) is 17.7 Å². The first-order valence-electron chi connectivity index (χ1n) is 11.7. The van der Waals surface area contributed by atoms with Crippen molar-refractivity contribution in [2.75, 3.05) is 51.0 Å². The van der Waals surface area contributed by atoms with Crippen molar-refractivity contribution in [2.24, 2.45) is 4.99 Å². The Morgan fingerprint density at radius 3 is 2.49 bits per heavy atom. The fraction of sp³-hybridized carbons (Fsp3) is 0.269. The molecule has 4 rings (SSSR count). The number of para-hydroxylation sites is 1. The molecule has 0 aliphatic carbocycles. The third-order valence-corrected chi connectivity index (χ3v) is 6.44. The van der Waals surface area contributed by atoms with E-state index in [2.05, 4.69) is 15.6 Å². The average molecular weight is 555 g/mol. The summed E-state index contributed by atoms with van der Waals surface area (Å²) in [5.74, 6) is 0.907. The number of nitrogens with zero attached hydrogens (tertiary/aromatic N) is 4. The number of hydrogen-bond acceptors (Lipinski definition) is 10. The van der Waals surface area contributed by atoms with Gasteiger partial charge in [0.05, 0.1) is 32.8 Å². The van der Waals surface area contributed by atoms with Crippen LogP contribution < -0.4 is 29.1 Å². The lowest BCUT2D eigenvalue weighted by Crippen LogP contribution is -2.36. The maximum Gasteiger partial charge on any atom is 0.302 e. The van der Waals surface area contributed by atoms with Gasteiger partial charge < -0.3 is 18.9 Å². The third-order valence-electron chi connectivity index (χ3n) is 5.50. The Kier molecular flexibility index (Phi) is 9.18. The van der Waals surface area contributed by atoms with Gasteiger partial charge in [-0.1, -0.05) is 30.0 Å². The maximum atomic E-state index is 13.5. The Hall–Kier alpha value is -4.36. The van der Waals surface area contributed by atoms with E-state index in [0.717, 1.165) is 11.8 Å². The van der Waals surface area contributed by atoms with Crippen LogP contribution in [-0.4, -0.2) is 63.1 Å². The predicted octanol–water partition coefficient (Wildman–Crippen LogP) is 2.75. The number of aromatic nitrogens is 2. The molecule has 0 saturated heterocycles. The number of thioether (sulfide) groups is 1. The van der Waals surface area contributed by atoms with E-state index in [-0.39, 0.29) is 29.1 Å². The number of amidine groups is 1. The minimum absolute atomic E-state index is 0.0266. The molecule has 0 atom stereocenters. The smallest absolute Gasteiger partial charge is 0.302 e. The fourth-order valence-electron chi connectivity index (χ4n) is 3.64. The molecular weight excluding hydrogens is 526 g/mol. The maximum absolute atomic E-state index is 13.5. The van der Waals surface area contributed by atoms with Crippen LogP contribution in [-0.2, 0) is 20.9 Å². The number of hydrogen-bond donors (Lipinski definition) is 1. The quantitative estimate of drug-likeness (QED) is 0.281. The zero-order valence-corrected chi connectivity index (χ0v) is 22.7. The van der Waals surface area contributed by atoms with Crippen LogP contribution >= 0.6 is 11.8 Å². The molecule has 13 heteroatoms. The zero-order valence-electron chi connectivity index (χ0n) is 21.9. The van der Waals surface area contributed by atoms with Crippen molar-refractivity contribution >= 4 is 46.4 Å². The van der Waals surface area contributed by atoms with Crippen LogP contribution in [0.2, 0.25) is 0 Å². The summed E-state index contributed by atoms with van der Waals surface area (Å²) in [6, 6.07) is 12.4. The molecule has 0 fully saturated rings. The molecule has 1 N–H and O–H groups in total. The number of carbonyl (C=O) groups is 2. The van der Waals surface area contributed by atoms with Gasteiger partial charge in [0.15, 0.2) is 16.7 Å². The molecule has 204 valence electrons. The first-order chi connectivity index (χ1) is 19.0. The van der Waals surface area contributed by atoms with Crippen LogP contribution in [0, 0.1) is 0 Å². The van der Waals surface area contributed by atoms with Crippen LogP contribution in [0.3, 0.4) is 0 Å². The molecule has 2 heterocycles. The predicted molar refractivity (Wildman–Crippen MR) is 145 cm³/mol. The van der Waals surface area contributed by atoms with E-state index in [1.165, 1.54) is 30.9 Å². The molecule has 0 unspecified atom stereocenters. The van der Waals surface area contributed by atoms with Gasteiger partial charge >= 0.3 is 5.88 Å². The van der Waals surface area contributed by atoms with E-state index in [1.54, 1.807) is 43.6 Å². The lowest BCUT2D eigenvalue weighted by Gasteiger charge is -2.17. The average Bonchev–Trinajstić information content (AvgIpc) is 3.53. The zero-order chi connectivity index (χ0) is 27.8. The summed E-state index contributed by atoms with van der Waals surface area (Å²) in [5, 5.41) is 6.82. The van der Waals surface area contributed by atoms with Crippen molar-refractivity contribution in [1.29, 1.82) is 0 Å². The van der Waals surface area contributed by atoms with Gasteiger partial charge in [0.25, 0.3) is 12.1 Å². The van der Waals surface area contributed by atoms with Crippen molar-refractivity contribution < 1.29 is 37.7 Å². The first-order valence-corrected chi connectivity index (χ1v) is 12.7. The molecule has 0 saturated carbocycles. The van der Waals surface area contributed by atoms with Gasteiger partial charge in [0.1, 0.15) is 18.1 Å². The van der Waals surface area contributed by atoms with E-state index in [1.807, 2.05) is 18.2 Å². The molecule has 1 aliphatic rings. The second-order valence-corrected chi connectivity index (χ2v) is 8.95. The highest BCUT2D eigenvalue weighted by molar-refractivity contribution is 8.14. The monoisotopic (exact) mass is 554 g/mol. The largest absolute Gasteiger partial charge is 0.496 e. The lowest BCUT2D eigenvalue weighted by atomic mass is 10.1. The molecule has 0 radical (unpaired) electrons. The van der Waals surface area contributed by atoms with Gasteiger partial charge in [-0.25, -0.2) is 4.99 Å². The minimum atomic E-state index is -0.352. The summed E-state index contributed by atoms with van der Waals surface area (Å²) in [6.45, 7) is 0.935. The van der Waals surface area contributed by atoms with Crippen LogP contribution in [0.25, 0.3) is 6.08 Å². The number of amides is 2. The van der Waals surface area contributed by atoms with Crippen LogP contribution in [0.5, 0.6) is 17.2 Å². The molecule has 2 aromatic carbocycles. The van der Waals surface area contributed by atoms with Gasteiger partial charge in [-0.3, -0.25) is 24.3 Å². The number of aliphatic imine (C=N–C) groups is 1. The van der Waals surface area contributed by atoms with Crippen molar-refractivity contribution in [3.8, 4) is 17.2 Å². The molecular formula is C26H28N5O7S+. The van der Waals surface area contributed by atoms with Crippen molar-refractivity contribution in [1.82, 2.24) is 5.27 Å². The number of benzene rings is 2. The number of methoxy groups -OCH3 is 4. The van der Waals surface area contributed by atoms with E-state index < -0.39 is 0 Å². The molecule has 0 spiro atoms. The normalized spacial score (nSPS) is 13.9. The summed E-state index contributed by atoms with van der Waals surface area (Å²) >= 11 is 1.11. The van der Waals surface area contributed by atoms with E-state index in [0.29, 0.717) is 46.8 Å². The van der Waals surface area contributed by atoms with E-state index in [4.69, 9.17) is 23.5 Å². The Morgan fingerprint density at radius 1 is 1.08 bits per heavy atom. The Balaban J connectivity index is 1.57. The standard InChI is InChI=1S/C26H27N5O7S/c1-34-11-10-30-15-24(38-29-30)28-23(32)16-39-26-27-19(25(33)31(26)18-8-6-5-7-9-18)12-17-13-21(36-3)22(37-4)14-20(17)35-2/h5-9,12-15H,10-11,16H2,1-4H3/p+1/b19-12+. The van der Waals surface area contributed by atoms with Gasteiger partial charge in [-0.05, 0) is 29.0 Å². The highest BCUT2D eigenvalue weighted by Gasteiger charge is 2.33. The molecule has 1 aliphatic heterocycles. The van der Waals surface area contributed by atoms with Crippen molar-refractivity contribution in [3.05, 3.63) is 59.9 Å².